The number of benzene rings is 2. The van der Waals surface area contributed by atoms with E-state index in [1.54, 1.807) is 13.8 Å². The van der Waals surface area contributed by atoms with Crippen molar-refractivity contribution in [2.45, 2.75) is 25.2 Å². The van der Waals surface area contributed by atoms with Gasteiger partial charge in [0.15, 0.2) is 0 Å². The molecule has 0 fully saturated rings. The number of carbonyl (C=O) groups excluding carboxylic acids is 2. The average Bonchev–Trinajstić information content (AvgIpc) is 2.73. The van der Waals surface area contributed by atoms with Crippen LogP contribution in [0.25, 0.3) is 0 Å². The molecule has 2 rings (SSSR count). The molecule has 2 aromatic rings. The maximum Gasteiger partial charge on any atom is 0.251 e. The first-order valence-electron chi connectivity index (χ1n) is 9.68. The molecule has 2 aromatic carbocycles. The molecule has 0 aliphatic carbocycles. The van der Waals surface area contributed by atoms with Crippen LogP contribution in [-0.2, 0) is 21.2 Å². The summed E-state index contributed by atoms with van der Waals surface area (Å²) in [6, 6.07) is 12.7. The summed E-state index contributed by atoms with van der Waals surface area (Å²) < 4.78 is 40.4. The zero-order valence-corrected chi connectivity index (χ0v) is 17.8. The maximum atomic E-state index is 14.2. The maximum absolute atomic E-state index is 14.2. The molecule has 0 aliphatic rings. The van der Waals surface area contributed by atoms with E-state index < -0.39 is 26.6 Å². The van der Waals surface area contributed by atoms with Gasteiger partial charge in [-0.25, -0.2) is 12.8 Å². The van der Waals surface area contributed by atoms with Crippen molar-refractivity contribution in [1.82, 2.24) is 14.9 Å². The summed E-state index contributed by atoms with van der Waals surface area (Å²) in [5.41, 5.74) is 1.04. The normalized spacial score (nSPS) is 11.3. The highest BCUT2D eigenvalue weighted by Crippen LogP contribution is 2.20. The predicted octanol–water partition coefficient (Wildman–Crippen LogP) is 1.94. The Hall–Kier alpha value is -2.78. The zero-order valence-electron chi connectivity index (χ0n) is 17.0. The van der Waals surface area contributed by atoms with Gasteiger partial charge in [-0.05, 0) is 30.2 Å². The van der Waals surface area contributed by atoms with Crippen molar-refractivity contribution < 1.29 is 22.4 Å². The average molecular weight is 436 g/mol. The molecule has 0 bridgehead atoms. The van der Waals surface area contributed by atoms with Crippen LogP contribution < -0.4 is 10.6 Å². The topological polar surface area (TPSA) is 95.6 Å². The number of carbonyl (C=O) groups is 2. The Balaban J connectivity index is 1.96. The lowest BCUT2D eigenvalue weighted by atomic mass is 10.1. The molecule has 0 atom stereocenters. The Kier molecular flexibility index (Phi) is 8.49. The Morgan fingerprint density at radius 3 is 2.30 bits per heavy atom. The fraction of sp³-hybridized carbons (Fsp3) is 0.333. The van der Waals surface area contributed by atoms with Gasteiger partial charge in [-0.1, -0.05) is 44.2 Å². The molecule has 0 unspecified atom stereocenters. The van der Waals surface area contributed by atoms with Gasteiger partial charge < -0.3 is 10.6 Å². The molecule has 2 N–H and O–H groups in total. The van der Waals surface area contributed by atoms with Crippen molar-refractivity contribution in [2.24, 2.45) is 0 Å². The molecule has 0 spiro atoms. The summed E-state index contributed by atoms with van der Waals surface area (Å²) >= 11 is 0. The van der Waals surface area contributed by atoms with Gasteiger partial charge in [0.05, 0.1) is 6.54 Å². The minimum Gasteiger partial charge on any atom is -0.354 e. The Bertz CT molecular complexity index is 977. The second-order valence-electron chi connectivity index (χ2n) is 6.50. The molecule has 0 saturated carbocycles. The van der Waals surface area contributed by atoms with Crippen LogP contribution in [0.2, 0.25) is 0 Å². The molecule has 7 nitrogen and oxygen atoms in total. The van der Waals surface area contributed by atoms with E-state index in [1.807, 2.05) is 30.3 Å². The lowest BCUT2D eigenvalue weighted by molar-refractivity contribution is -0.120. The van der Waals surface area contributed by atoms with Crippen molar-refractivity contribution in [3.8, 4) is 0 Å². The number of hydrogen-bond donors (Lipinski definition) is 2. The second kappa shape index (κ2) is 10.8. The Morgan fingerprint density at radius 2 is 1.67 bits per heavy atom. The lowest BCUT2D eigenvalue weighted by Gasteiger charge is -2.19. The molecule has 0 aromatic heterocycles. The highest BCUT2D eigenvalue weighted by Gasteiger charge is 2.26. The van der Waals surface area contributed by atoms with Crippen molar-refractivity contribution in [3.63, 3.8) is 0 Å². The smallest absolute Gasteiger partial charge is 0.251 e. The molecule has 2 amide bonds. The van der Waals surface area contributed by atoms with E-state index in [4.69, 9.17) is 0 Å². The highest BCUT2D eigenvalue weighted by atomic mass is 32.2. The summed E-state index contributed by atoms with van der Waals surface area (Å²) in [6.45, 7) is 3.79. The van der Waals surface area contributed by atoms with Crippen LogP contribution in [0.3, 0.4) is 0 Å². The predicted molar refractivity (Wildman–Crippen MR) is 112 cm³/mol. The summed E-state index contributed by atoms with van der Waals surface area (Å²) in [4.78, 5) is 23.7. The quantitative estimate of drug-likeness (QED) is 0.596. The Morgan fingerprint density at radius 1 is 1.00 bits per heavy atom. The number of halogens is 1. The number of sulfonamides is 1. The molecule has 0 saturated heterocycles. The molecular weight excluding hydrogens is 409 g/mol. The van der Waals surface area contributed by atoms with E-state index in [0.29, 0.717) is 13.0 Å². The van der Waals surface area contributed by atoms with E-state index in [1.165, 1.54) is 6.07 Å². The van der Waals surface area contributed by atoms with Crippen LogP contribution in [0.15, 0.2) is 53.4 Å². The number of nitrogens with one attached hydrogen (secondary N) is 2. The first-order chi connectivity index (χ1) is 14.3. The molecule has 9 heteroatoms. The summed E-state index contributed by atoms with van der Waals surface area (Å²) in [5.74, 6) is -1.97. The van der Waals surface area contributed by atoms with Crippen LogP contribution in [-0.4, -0.2) is 50.7 Å². The summed E-state index contributed by atoms with van der Waals surface area (Å²) in [7, 11) is -4.06. The van der Waals surface area contributed by atoms with E-state index in [9.17, 15) is 22.4 Å². The monoisotopic (exact) mass is 435 g/mol. The third kappa shape index (κ3) is 6.11. The first kappa shape index (κ1) is 23.5. The minimum atomic E-state index is -4.06. The molecule has 30 heavy (non-hydrogen) atoms. The largest absolute Gasteiger partial charge is 0.354 e. The van der Waals surface area contributed by atoms with Gasteiger partial charge in [-0.3, -0.25) is 9.59 Å². The standard InChI is InChI=1S/C21H26FN3O4S/c1-3-25(4-2)30(28,29)19-14-17(10-11-18(19)22)21(27)24-15-20(26)23-13-12-16-8-6-5-7-9-16/h5-11,14H,3-4,12-13,15H2,1-2H3,(H,23,26)(H,24,27). The molecule has 0 aliphatic heterocycles. The fourth-order valence-corrected chi connectivity index (χ4v) is 4.41. The number of hydrogen-bond acceptors (Lipinski definition) is 4. The van der Waals surface area contributed by atoms with Crippen molar-refractivity contribution in [1.29, 1.82) is 0 Å². The first-order valence-corrected chi connectivity index (χ1v) is 11.1. The molecule has 0 radical (unpaired) electrons. The molecular formula is C21H26FN3O4S. The SMILES string of the molecule is CCN(CC)S(=O)(=O)c1cc(C(=O)NCC(=O)NCCc2ccccc2)ccc1F. The van der Waals surface area contributed by atoms with Gasteiger partial charge in [0.2, 0.25) is 15.9 Å². The van der Waals surface area contributed by atoms with E-state index >= 15 is 0 Å². The van der Waals surface area contributed by atoms with Gasteiger partial charge in [0, 0.05) is 25.2 Å². The zero-order chi connectivity index (χ0) is 22.1. The number of nitrogens with zero attached hydrogens (tertiary/aromatic N) is 1. The van der Waals surface area contributed by atoms with E-state index in [0.717, 1.165) is 22.0 Å². The van der Waals surface area contributed by atoms with Gasteiger partial charge in [0.25, 0.3) is 5.91 Å². The number of rotatable bonds is 10. The fourth-order valence-electron chi connectivity index (χ4n) is 2.86. The van der Waals surface area contributed by atoms with E-state index in [-0.39, 0.29) is 31.1 Å². The number of amides is 2. The van der Waals surface area contributed by atoms with Crippen LogP contribution in [0.5, 0.6) is 0 Å². The van der Waals surface area contributed by atoms with Gasteiger partial charge in [0.1, 0.15) is 10.7 Å². The van der Waals surface area contributed by atoms with E-state index in [2.05, 4.69) is 10.6 Å². The lowest BCUT2D eigenvalue weighted by Crippen LogP contribution is -2.37. The Labute approximate surface area is 176 Å². The van der Waals surface area contributed by atoms with Crippen LogP contribution in [0.1, 0.15) is 29.8 Å². The van der Waals surface area contributed by atoms with Crippen LogP contribution in [0.4, 0.5) is 4.39 Å². The van der Waals surface area contributed by atoms with Gasteiger partial charge in [-0.2, -0.15) is 4.31 Å². The summed E-state index contributed by atoms with van der Waals surface area (Å²) in [5, 5.41) is 5.12. The van der Waals surface area contributed by atoms with Gasteiger partial charge >= 0.3 is 0 Å². The third-order valence-electron chi connectivity index (χ3n) is 4.50. The summed E-state index contributed by atoms with van der Waals surface area (Å²) in [6.07, 6.45) is 0.658. The molecule has 162 valence electrons. The van der Waals surface area contributed by atoms with Crippen molar-refractivity contribution in [3.05, 3.63) is 65.5 Å². The minimum absolute atomic E-state index is 0.0424. The highest BCUT2D eigenvalue weighted by molar-refractivity contribution is 7.89. The second-order valence-corrected chi connectivity index (χ2v) is 8.41. The van der Waals surface area contributed by atoms with Crippen molar-refractivity contribution in [2.75, 3.05) is 26.2 Å². The van der Waals surface area contributed by atoms with Crippen LogP contribution in [0, 0.1) is 5.82 Å². The third-order valence-corrected chi connectivity index (χ3v) is 6.57. The molecule has 0 heterocycles. The van der Waals surface area contributed by atoms with Crippen LogP contribution >= 0.6 is 0 Å². The van der Waals surface area contributed by atoms with Crippen molar-refractivity contribution >= 4 is 21.8 Å². The van der Waals surface area contributed by atoms with Gasteiger partial charge in [-0.15, -0.1) is 0 Å².